The molecule has 3 heteroatoms. The number of carbonyl (C=O) groups excluding carboxylic acids is 1. The van der Waals surface area contributed by atoms with E-state index in [1.165, 1.54) is 18.2 Å². The van der Waals surface area contributed by atoms with Gasteiger partial charge in [0.05, 0.1) is 12.7 Å². The van der Waals surface area contributed by atoms with Gasteiger partial charge in [-0.15, -0.1) is 0 Å². The minimum Gasteiger partial charge on any atom is -0.486 e. The van der Waals surface area contributed by atoms with Crippen LogP contribution in [0.5, 0.6) is 5.75 Å². The first-order chi connectivity index (χ1) is 12.0. The van der Waals surface area contributed by atoms with Crippen LogP contribution in [0.1, 0.15) is 61.2 Å². The van der Waals surface area contributed by atoms with Gasteiger partial charge in [-0.3, -0.25) is 0 Å². The number of esters is 1. The van der Waals surface area contributed by atoms with Crippen LogP contribution in [0.15, 0.2) is 48.5 Å². The van der Waals surface area contributed by atoms with Crippen LogP contribution in [0.3, 0.4) is 0 Å². The van der Waals surface area contributed by atoms with Crippen molar-refractivity contribution in [2.45, 2.75) is 46.1 Å². The van der Waals surface area contributed by atoms with Gasteiger partial charge in [0, 0.05) is 0 Å². The summed E-state index contributed by atoms with van der Waals surface area (Å²) in [4.78, 5) is 11.5. The maximum absolute atomic E-state index is 11.5. The minimum absolute atomic E-state index is 0.0158. The molecular formula is C22H28O3. The van der Waals surface area contributed by atoms with Crippen molar-refractivity contribution in [1.82, 2.24) is 0 Å². The van der Waals surface area contributed by atoms with E-state index in [0.29, 0.717) is 11.5 Å². The van der Waals surface area contributed by atoms with Crippen LogP contribution in [-0.2, 0) is 11.2 Å². The van der Waals surface area contributed by atoms with Crippen molar-refractivity contribution in [2.75, 3.05) is 7.11 Å². The highest BCUT2D eigenvalue weighted by atomic mass is 16.5. The first-order valence-corrected chi connectivity index (χ1v) is 8.97. The maximum atomic E-state index is 11.5. The van der Waals surface area contributed by atoms with Crippen LogP contribution in [0.25, 0.3) is 0 Å². The molecule has 0 saturated heterocycles. The van der Waals surface area contributed by atoms with Crippen molar-refractivity contribution >= 4 is 5.97 Å². The third kappa shape index (κ3) is 5.63. The molecule has 1 unspecified atom stereocenters. The van der Waals surface area contributed by atoms with Gasteiger partial charge >= 0.3 is 5.97 Å². The van der Waals surface area contributed by atoms with E-state index in [1.807, 2.05) is 12.1 Å². The number of methoxy groups -OCH3 is 1. The third-order valence-corrected chi connectivity index (χ3v) is 4.10. The van der Waals surface area contributed by atoms with E-state index in [9.17, 15) is 4.79 Å². The molecule has 3 nitrogen and oxygen atoms in total. The summed E-state index contributed by atoms with van der Waals surface area (Å²) in [5.41, 5.74) is 3.07. The molecule has 2 rings (SSSR count). The van der Waals surface area contributed by atoms with Crippen molar-refractivity contribution < 1.29 is 14.3 Å². The van der Waals surface area contributed by atoms with Gasteiger partial charge in [-0.1, -0.05) is 51.5 Å². The number of rotatable bonds is 8. The van der Waals surface area contributed by atoms with Gasteiger partial charge in [0.25, 0.3) is 0 Å². The molecular weight excluding hydrogens is 312 g/mol. The second kappa shape index (κ2) is 9.26. The Bertz CT molecular complexity index is 657. The van der Waals surface area contributed by atoms with Gasteiger partial charge in [-0.25, -0.2) is 4.79 Å². The lowest BCUT2D eigenvalue weighted by molar-refractivity contribution is 0.0600. The summed E-state index contributed by atoms with van der Waals surface area (Å²) in [5.74, 6) is 1.08. The molecule has 2 aromatic rings. The molecule has 0 saturated carbocycles. The summed E-state index contributed by atoms with van der Waals surface area (Å²) in [7, 11) is 1.38. The smallest absolute Gasteiger partial charge is 0.337 e. The predicted octanol–water partition coefficient (Wildman–Crippen LogP) is 5.59. The van der Waals surface area contributed by atoms with Crippen LogP contribution in [-0.4, -0.2) is 13.1 Å². The number of hydrogen-bond acceptors (Lipinski definition) is 3. The molecule has 0 bridgehead atoms. The largest absolute Gasteiger partial charge is 0.486 e. The quantitative estimate of drug-likeness (QED) is 0.587. The fraction of sp³-hybridized carbons (Fsp3) is 0.409. The molecule has 0 amide bonds. The van der Waals surface area contributed by atoms with Gasteiger partial charge in [0.1, 0.15) is 11.9 Å². The van der Waals surface area contributed by atoms with E-state index < -0.39 is 0 Å². The van der Waals surface area contributed by atoms with Crippen molar-refractivity contribution in [3.63, 3.8) is 0 Å². The van der Waals surface area contributed by atoms with E-state index >= 15 is 0 Å². The van der Waals surface area contributed by atoms with Gasteiger partial charge in [0.2, 0.25) is 0 Å². The molecule has 134 valence electrons. The second-order valence-electron chi connectivity index (χ2n) is 6.75. The average molecular weight is 340 g/mol. The SMILES string of the molecule is CCCC(Oc1ccc(C(=O)OC)cc1)c1ccc(CC(C)C)cc1. The van der Waals surface area contributed by atoms with E-state index in [4.69, 9.17) is 9.47 Å². The molecule has 0 heterocycles. The molecule has 2 aromatic carbocycles. The zero-order valence-corrected chi connectivity index (χ0v) is 15.6. The molecule has 1 atom stereocenters. The Morgan fingerprint density at radius 1 is 1.00 bits per heavy atom. The highest BCUT2D eigenvalue weighted by Crippen LogP contribution is 2.27. The molecule has 0 N–H and O–H groups in total. The lowest BCUT2D eigenvalue weighted by Gasteiger charge is -2.20. The Morgan fingerprint density at radius 2 is 1.64 bits per heavy atom. The van der Waals surface area contributed by atoms with Crippen LogP contribution >= 0.6 is 0 Å². The van der Waals surface area contributed by atoms with Crippen molar-refractivity contribution in [1.29, 1.82) is 0 Å². The van der Waals surface area contributed by atoms with E-state index in [0.717, 1.165) is 25.0 Å². The number of carbonyl (C=O) groups is 1. The summed E-state index contributed by atoms with van der Waals surface area (Å²) in [6, 6.07) is 15.8. The zero-order valence-electron chi connectivity index (χ0n) is 15.6. The first-order valence-electron chi connectivity index (χ1n) is 8.97. The van der Waals surface area contributed by atoms with Crippen LogP contribution in [0, 0.1) is 5.92 Å². The second-order valence-corrected chi connectivity index (χ2v) is 6.75. The summed E-state index contributed by atoms with van der Waals surface area (Å²) in [6.07, 6.45) is 3.09. The standard InChI is InChI=1S/C22H28O3/c1-5-6-21(18-9-7-17(8-10-18)15-16(2)3)25-20-13-11-19(12-14-20)22(23)24-4/h7-14,16,21H,5-6,15H2,1-4H3. The molecule has 0 aliphatic carbocycles. The highest BCUT2D eigenvalue weighted by Gasteiger charge is 2.13. The van der Waals surface area contributed by atoms with Crippen LogP contribution in [0.2, 0.25) is 0 Å². The molecule has 0 aliphatic heterocycles. The van der Waals surface area contributed by atoms with Gasteiger partial charge < -0.3 is 9.47 Å². The minimum atomic E-state index is -0.336. The summed E-state index contributed by atoms with van der Waals surface area (Å²) < 4.78 is 10.9. The summed E-state index contributed by atoms with van der Waals surface area (Å²) in [5, 5.41) is 0. The Hall–Kier alpha value is -2.29. The fourth-order valence-electron chi connectivity index (χ4n) is 2.85. The Balaban J connectivity index is 2.11. The van der Waals surface area contributed by atoms with Crippen LogP contribution in [0.4, 0.5) is 0 Å². The van der Waals surface area contributed by atoms with E-state index in [2.05, 4.69) is 45.0 Å². The van der Waals surface area contributed by atoms with Gasteiger partial charge in [-0.05, 0) is 54.2 Å². The molecule has 25 heavy (non-hydrogen) atoms. The predicted molar refractivity (Wildman–Crippen MR) is 101 cm³/mol. The van der Waals surface area contributed by atoms with Crippen molar-refractivity contribution in [2.24, 2.45) is 5.92 Å². The van der Waals surface area contributed by atoms with Gasteiger partial charge in [0.15, 0.2) is 0 Å². The fourth-order valence-corrected chi connectivity index (χ4v) is 2.85. The molecule has 0 aromatic heterocycles. The first kappa shape index (κ1) is 19.0. The molecule has 0 aliphatic rings. The molecule has 0 spiro atoms. The number of benzene rings is 2. The zero-order chi connectivity index (χ0) is 18.2. The highest BCUT2D eigenvalue weighted by molar-refractivity contribution is 5.89. The number of hydrogen-bond donors (Lipinski definition) is 0. The Kier molecular flexibility index (Phi) is 7.05. The summed E-state index contributed by atoms with van der Waals surface area (Å²) >= 11 is 0. The monoisotopic (exact) mass is 340 g/mol. The Labute approximate surface area is 151 Å². The van der Waals surface area contributed by atoms with Crippen molar-refractivity contribution in [3.8, 4) is 5.75 Å². The molecule has 0 radical (unpaired) electrons. The van der Waals surface area contributed by atoms with E-state index in [1.54, 1.807) is 12.1 Å². The normalized spacial score (nSPS) is 12.0. The van der Waals surface area contributed by atoms with Crippen molar-refractivity contribution in [3.05, 3.63) is 65.2 Å². The van der Waals surface area contributed by atoms with Crippen LogP contribution < -0.4 is 4.74 Å². The van der Waals surface area contributed by atoms with E-state index in [-0.39, 0.29) is 12.1 Å². The third-order valence-electron chi connectivity index (χ3n) is 4.10. The Morgan fingerprint density at radius 3 is 2.16 bits per heavy atom. The molecule has 0 fully saturated rings. The lowest BCUT2D eigenvalue weighted by atomic mass is 9.99. The average Bonchev–Trinajstić information content (AvgIpc) is 2.61. The van der Waals surface area contributed by atoms with Gasteiger partial charge in [-0.2, -0.15) is 0 Å². The summed E-state index contributed by atoms with van der Waals surface area (Å²) in [6.45, 7) is 6.62. The number of ether oxygens (including phenoxy) is 2. The lowest BCUT2D eigenvalue weighted by Crippen LogP contribution is -2.08. The maximum Gasteiger partial charge on any atom is 0.337 e. The topological polar surface area (TPSA) is 35.5 Å².